The molecule has 0 aliphatic carbocycles. The third-order valence-electron chi connectivity index (χ3n) is 5.34. The Morgan fingerprint density at radius 1 is 1.16 bits per heavy atom. The van der Waals surface area contributed by atoms with Crippen LogP contribution >= 0.6 is 11.3 Å². The van der Waals surface area contributed by atoms with E-state index in [1.165, 1.54) is 43.8 Å². The van der Waals surface area contributed by atoms with Crippen LogP contribution in [0.25, 0.3) is 6.08 Å². The number of anilines is 1. The standard InChI is InChI=1S/C27H25N3O7S/c1-4-7-20-14-21(27(32)36-3)26(38-20)29-25(31)18(15-28)12-17-10-11-23(35-2)19(13-17)16-37-24-9-6-5-8-22(24)30(33)34/h5-6,8-14H,4,7,16H2,1-3H3,(H,29,31). The van der Waals surface area contributed by atoms with Gasteiger partial charge in [-0.1, -0.05) is 31.5 Å². The lowest BCUT2D eigenvalue weighted by Gasteiger charge is -2.11. The number of aryl methyl sites for hydroxylation is 1. The number of carbonyl (C=O) groups excluding carboxylic acids is 2. The molecule has 10 nitrogen and oxygen atoms in total. The number of nitro groups is 1. The van der Waals surface area contributed by atoms with Gasteiger partial charge in [-0.2, -0.15) is 5.26 Å². The first-order chi connectivity index (χ1) is 18.3. The Morgan fingerprint density at radius 2 is 1.92 bits per heavy atom. The lowest BCUT2D eigenvalue weighted by molar-refractivity contribution is -0.385. The van der Waals surface area contributed by atoms with Crippen molar-refractivity contribution in [1.29, 1.82) is 5.26 Å². The summed E-state index contributed by atoms with van der Waals surface area (Å²) in [5, 5.41) is 23.9. The number of hydrogen-bond donors (Lipinski definition) is 1. The van der Waals surface area contributed by atoms with Crippen molar-refractivity contribution in [1.82, 2.24) is 0 Å². The van der Waals surface area contributed by atoms with Gasteiger partial charge in [0.1, 0.15) is 29.0 Å². The Balaban J connectivity index is 1.86. The third-order valence-corrected chi connectivity index (χ3v) is 6.45. The lowest BCUT2D eigenvalue weighted by Crippen LogP contribution is -2.15. The molecule has 0 radical (unpaired) electrons. The molecular weight excluding hydrogens is 510 g/mol. The number of nitrogens with zero attached hydrogens (tertiary/aromatic N) is 2. The summed E-state index contributed by atoms with van der Waals surface area (Å²) in [5.74, 6) is -0.707. The second-order valence-corrected chi connectivity index (χ2v) is 9.04. The molecule has 2 aromatic carbocycles. The van der Waals surface area contributed by atoms with Crippen LogP contribution in [0.3, 0.4) is 0 Å². The maximum Gasteiger partial charge on any atom is 0.340 e. The number of thiophene rings is 1. The molecule has 0 fully saturated rings. The van der Waals surface area contributed by atoms with Crippen molar-refractivity contribution in [3.05, 3.63) is 85.8 Å². The first-order valence-electron chi connectivity index (χ1n) is 11.5. The molecule has 0 bridgehead atoms. The molecule has 1 amide bonds. The number of nitro benzene ring substituents is 1. The molecule has 1 N–H and O–H groups in total. The zero-order valence-electron chi connectivity index (χ0n) is 21.0. The smallest absolute Gasteiger partial charge is 0.340 e. The molecule has 0 atom stereocenters. The van der Waals surface area contributed by atoms with E-state index in [1.807, 2.05) is 13.0 Å². The van der Waals surface area contributed by atoms with Gasteiger partial charge in [-0.25, -0.2) is 4.79 Å². The number of benzene rings is 2. The fourth-order valence-electron chi connectivity index (χ4n) is 3.54. The van der Waals surface area contributed by atoms with E-state index in [0.717, 1.165) is 17.7 Å². The number of nitriles is 1. The van der Waals surface area contributed by atoms with Gasteiger partial charge < -0.3 is 19.5 Å². The first-order valence-corrected chi connectivity index (χ1v) is 12.3. The number of carbonyl (C=O) groups is 2. The molecule has 1 aromatic heterocycles. The van der Waals surface area contributed by atoms with E-state index in [2.05, 4.69) is 5.32 Å². The molecule has 1 heterocycles. The summed E-state index contributed by atoms with van der Waals surface area (Å²) in [6.45, 7) is 1.95. The van der Waals surface area contributed by atoms with Crippen molar-refractivity contribution in [2.75, 3.05) is 19.5 Å². The van der Waals surface area contributed by atoms with E-state index < -0.39 is 16.8 Å². The summed E-state index contributed by atoms with van der Waals surface area (Å²) in [7, 11) is 2.73. The van der Waals surface area contributed by atoms with Crippen molar-refractivity contribution < 1.29 is 28.7 Å². The largest absolute Gasteiger partial charge is 0.496 e. The van der Waals surface area contributed by atoms with Gasteiger partial charge in [-0.05, 0) is 42.3 Å². The predicted octanol–water partition coefficient (Wildman–Crippen LogP) is 5.53. The van der Waals surface area contributed by atoms with E-state index in [1.54, 1.807) is 36.4 Å². The summed E-state index contributed by atoms with van der Waals surface area (Å²) in [6.07, 6.45) is 2.98. The van der Waals surface area contributed by atoms with Crippen molar-refractivity contribution in [3.63, 3.8) is 0 Å². The van der Waals surface area contributed by atoms with Gasteiger partial charge in [0, 0.05) is 16.5 Å². The van der Waals surface area contributed by atoms with Crippen LogP contribution in [0.15, 0.2) is 54.1 Å². The first kappa shape index (κ1) is 27.9. The van der Waals surface area contributed by atoms with Crippen LogP contribution in [0.4, 0.5) is 10.7 Å². The number of esters is 1. The lowest BCUT2D eigenvalue weighted by atomic mass is 10.1. The molecule has 0 aliphatic heterocycles. The normalized spacial score (nSPS) is 10.8. The molecule has 11 heteroatoms. The number of rotatable bonds is 11. The fraction of sp³-hybridized carbons (Fsp3) is 0.222. The minimum absolute atomic E-state index is 0.0539. The monoisotopic (exact) mass is 535 g/mol. The number of amides is 1. The molecule has 0 saturated heterocycles. The molecule has 3 rings (SSSR count). The minimum Gasteiger partial charge on any atom is -0.496 e. The molecule has 38 heavy (non-hydrogen) atoms. The van der Waals surface area contributed by atoms with Gasteiger partial charge in [0.15, 0.2) is 5.75 Å². The van der Waals surface area contributed by atoms with E-state index >= 15 is 0 Å². The number of nitrogens with one attached hydrogen (secondary N) is 1. The maximum atomic E-state index is 12.9. The Bertz CT molecular complexity index is 1420. The highest BCUT2D eigenvalue weighted by Gasteiger charge is 2.20. The zero-order valence-corrected chi connectivity index (χ0v) is 21.8. The molecule has 0 spiro atoms. The summed E-state index contributed by atoms with van der Waals surface area (Å²) < 4.78 is 15.9. The Hall–Kier alpha value is -4.69. The molecule has 196 valence electrons. The third kappa shape index (κ3) is 6.74. The van der Waals surface area contributed by atoms with Crippen LogP contribution in [-0.2, 0) is 22.6 Å². The highest BCUT2D eigenvalue weighted by Crippen LogP contribution is 2.31. The van der Waals surface area contributed by atoms with Crippen molar-refractivity contribution in [2.24, 2.45) is 0 Å². The van der Waals surface area contributed by atoms with Crippen molar-refractivity contribution >= 4 is 40.0 Å². The maximum absolute atomic E-state index is 12.9. The van der Waals surface area contributed by atoms with E-state index in [4.69, 9.17) is 14.2 Å². The van der Waals surface area contributed by atoms with Gasteiger partial charge in [0.25, 0.3) is 5.91 Å². The highest BCUT2D eigenvalue weighted by molar-refractivity contribution is 7.16. The minimum atomic E-state index is -0.684. The number of ether oxygens (including phenoxy) is 3. The van der Waals surface area contributed by atoms with E-state index in [9.17, 15) is 25.0 Å². The Labute approximate surface area is 223 Å². The SMILES string of the molecule is CCCc1cc(C(=O)OC)c(NC(=O)C(C#N)=Cc2ccc(OC)c(COc3ccccc3[N+](=O)[O-])c2)s1. The quantitative estimate of drug-likeness (QED) is 0.111. The molecule has 0 aliphatic rings. The molecule has 0 saturated carbocycles. The summed E-state index contributed by atoms with van der Waals surface area (Å²) in [5.41, 5.74) is 0.915. The predicted molar refractivity (Wildman–Crippen MR) is 142 cm³/mol. The fourth-order valence-corrected chi connectivity index (χ4v) is 4.68. The van der Waals surface area contributed by atoms with Crippen LogP contribution in [0.5, 0.6) is 11.5 Å². The molecule has 0 unspecified atom stereocenters. The highest BCUT2D eigenvalue weighted by atomic mass is 32.1. The summed E-state index contributed by atoms with van der Waals surface area (Å²) in [4.78, 5) is 36.8. The average Bonchev–Trinajstić information content (AvgIpc) is 3.32. The van der Waals surface area contributed by atoms with Gasteiger partial charge in [0.05, 0.1) is 24.7 Å². The zero-order chi connectivity index (χ0) is 27.7. The van der Waals surface area contributed by atoms with Crippen LogP contribution in [0.2, 0.25) is 0 Å². The van der Waals surface area contributed by atoms with Crippen molar-refractivity contribution in [3.8, 4) is 17.6 Å². The topological polar surface area (TPSA) is 141 Å². The second-order valence-electron chi connectivity index (χ2n) is 7.91. The van der Waals surface area contributed by atoms with Gasteiger partial charge >= 0.3 is 11.7 Å². The van der Waals surface area contributed by atoms with Crippen LogP contribution < -0.4 is 14.8 Å². The Morgan fingerprint density at radius 3 is 2.58 bits per heavy atom. The van der Waals surface area contributed by atoms with E-state index in [0.29, 0.717) is 21.9 Å². The van der Waals surface area contributed by atoms with Crippen LogP contribution in [-0.4, -0.2) is 31.0 Å². The second kappa shape index (κ2) is 13.0. The number of hydrogen-bond acceptors (Lipinski definition) is 9. The van der Waals surface area contributed by atoms with Crippen molar-refractivity contribution in [2.45, 2.75) is 26.4 Å². The van der Waals surface area contributed by atoms with Crippen LogP contribution in [0, 0.1) is 21.4 Å². The number of para-hydroxylation sites is 2. The van der Waals surface area contributed by atoms with Gasteiger partial charge in [-0.15, -0.1) is 11.3 Å². The van der Waals surface area contributed by atoms with Gasteiger partial charge in [0.2, 0.25) is 0 Å². The van der Waals surface area contributed by atoms with E-state index in [-0.39, 0.29) is 29.2 Å². The average molecular weight is 536 g/mol. The van der Waals surface area contributed by atoms with Crippen LogP contribution in [0.1, 0.15) is 39.7 Å². The summed E-state index contributed by atoms with van der Waals surface area (Å²) in [6, 6.07) is 14.5. The molecular formula is C27H25N3O7S. The van der Waals surface area contributed by atoms with Gasteiger partial charge in [-0.3, -0.25) is 14.9 Å². The Kier molecular flexibility index (Phi) is 9.56. The summed E-state index contributed by atoms with van der Waals surface area (Å²) >= 11 is 1.25. The molecule has 3 aromatic rings. The number of methoxy groups -OCH3 is 2.